The predicted molar refractivity (Wildman–Crippen MR) is 101 cm³/mol. The smallest absolute Gasteiger partial charge is 0.385 e. The van der Waals surface area contributed by atoms with E-state index in [2.05, 4.69) is 10.3 Å². The number of carbonyl (C=O) groups excluding carboxylic acids is 2. The number of hydrogen-bond acceptors (Lipinski definition) is 5. The van der Waals surface area contributed by atoms with Gasteiger partial charge in [0.2, 0.25) is 11.8 Å². The number of methoxy groups -OCH3 is 1. The van der Waals surface area contributed by atoms with Gasteiger partial charge in [0.15, 0.2) is 0 Å². The van der Waals surface area contributed by atoms with Crippen molar-refractivity contribution in [2.75, 3.05) is 51.8 Å². The van der Waals surface area contributed by atoms with Gasteiger partial charge in [-0.3, -0.25) is 9.59 Å². The molecule has 7 nitrogen and oxygen atoms in total. The highest BCUT2D eigenvalue weighted by atomic mass is 19.4. The summed E-state index contributed by atoms with van der Waals surface area (Å²) in [5, 5.41) is 2.71. The highest BCUT2D eigenvalue weighted by Crippen LogP contribution is 2.36. The van der Waals surface area contributed by atoms with Crippen LogP contribution in [0.1, 0.15) is 24.8 Å². The van der Waals surface area contributed by atoms with Crippen LogP contribution in [0, 0.1) is 5.92 Å². The monoisotopic (exact) mass is 416 g/mol. The van der Waals surface area contributed by atoms with E-state index in [4.69, 9.17) is 4.74 Å². The number of likely N-dealkylation sites (N-methyl/N-ethyl adjacent to an activating group) is 1. The Kier molecular flexibility index (Phi) is 8.24. The fourth-order valence-electron chi connectivity index (χ4n) is 3.35. The topological polar surface area (TPSA) is 74.8 Å². The first-order valence-corrected chi connectivity index (χ1v) is 9.51. The molecule has 1 saturated heterocycles. The molecular weight excluding hydrogens is 389 g/mol. The lowest BCUT2D eigenvalue weighted by Crippen LogP contribution is -2.47. The van der Waals surface area contributed by atoms with E-state index in [0.717, 1.165) is 6.07 Å². The maximum Gasteiger partial charge on any atom is 0.419 e. The van der Waals surface area contributed by atoms with Crippen LogP contribution in [0.5, 0.6) is 0 Å². The molecule has 1 aliphatic heterocycles. The van der Waals surface area contributed by atoms with Gasteiger partial charge in [0.1, 0.15) is 5.82 Å². The molecule has 0 aromatic carbocycles. The van der Waals surface area contributed by atoms with Gasteiger partial charge in [-0.05, 0) is 31.4 Å². The number of ether oxygens (including phenoxy) is 1. The summed E-state index contributed by atoms with van der Waals surface area (Å²) >= 11 is 0. The molecule has 1 N–H and O–H groups in total. The first kappa shape index (κ1) is 22.9. The molecule has 10 heteroatoms. The molecule has 1 aromatic heterocycles. The number of aromatic nitrogens is 1. The number of nitrogens with one attached hydrogen (secondary N) is 1. The Bertz CT molecular complexity index is 700. The number of alkyl halides is 3. The molecule has 1 unspecified atom stereocenters. The molecule has 0 aliphatic carbocycles. The Morgan fingerprint density at radius 2 is 2.17 bits per heavy atom. The summed E-state index contributed by atoms with van der Waals surface area (Å²) in [6.07, 6.45) is -1.40. The average molecular weight is 416 g/mol. The molecule has 1 aromatic rings. The molecule has 0 radical (unpaired) electrons. The van der Waals surface area contributed by atoms with E-state index < -0.39 is 17.7 Å². The number of pyridine rings is 1. The van der Waals surface area contributed by atoms with Crippen molar-refractivity contribution in [3.05, 3.63) is 23.9 Å². The number of carbonyl (C=O) groups is 2. The quantitative estimate of drug-likeness (QED) is 0.656. The lowest BCUT2D eigenvalue weighted by molar-refractivity contribution is -0.138. The summed E-state index contributed by atoms with van der Waals surface area (Å²) in [6, 6.07) is 2.24. The molecule has 1 atom stereocenters. The first-order chi connectivity index (χ1) is 13.7. The van der Waals surface area contributed by atoms with E-state index in [-0.39, 0.29) is 30.7 Å². The van der Waals surface area contributed by atoms with Gasteiger partial charge in [-0.1, -0.05) is 0 Å². The number of nitrogens with zero attached hydrogens (tertiary/aromatic N) is 3. The van der Waals surface area contributed by atoms with Crippen molar-refractivity contribution >= 4 is 17.6 Å². The van der Waals surface area contributed by atoms with Crippen LogP contribution in [-0.2, 0) is 20.5 Å². The molecule has 0 saturated carbocycles. The van der Waals surface area contributed by atoms with E-state index in [9.17, 15) is 22.8 Å². The largest absolute Gasteiger partial charge is 0.419 e. The van der Waals surface area contributed by atoms with Crippen LogP contribution in [0.3, 0.4) is 0 Å². The van der Waals surface area contributed by atoms with Crippen LogP contribution in [0.2, 0.25) is 0 Å². The lowest BCUT2D eigenvalue weighted by Gasteiger charge is -2.35. The van der Waals surface area contributed by atoms with Gasteiger partial charge in [-0.2, -0.15) is 13.2 Å². The molecule has 29 heavy (non-hydrogen) atoms. The van der Waals surface area contributed by atoms with Crippen LogP contribution >= 0.6 is 0 Å². The SMILES string of the molecule is COCCCNC(=O)CN(C)C(=O)C1CCCN(c2ncccc2C(F)(F)F)C1. The summed E-state index contributed by atoms with van der Waals surface area (Å²) in [4.78, 5) is 31.4. The Morgan fingerprint density at radius 3 is 2.86 bits per heavy atom. The second-order valence-corrected chi connectivity index (χ2v) is 7.05. The number of hydrogen-bond donors (Lipinski definition) is 1. The van der Waals surface area contributed by atoms with Gasteiger partial charge < -0.3 is 19.9 Å². The second kappa shape index (κ2) is 10.4. The Hall–Kier alpha value is -2.36. The number of piperidine rings is 1. The van der Waals surface area contributed by atoms with Gasteiger partial charge >= 0.3 is 6.18 Å². The van der Waals surface area contributed by atoms with Gasteiger partial charge in [-0.15, -0.1) is 0 Å². The van der Waals surface area contributed by atoms with Crippen LogP contribution in [0.15, 0.2) is 18.3 Å². The van der Waals surface area contributed by atoms with Crippen molar-refractivity contribution in [3.8, 4) is 0 Å². The van der Waals surface area contributed by atoms with Crippen molar-refractivity contribution in [2.45, 2.75) is 25.4 Å². The summed E-state index contributed by atoms with van der Waals surface area (Å²) in [6.45, 7) is 1.41. The Morgan fingerprint density at radius 1 is 1.41 bits per heavy atom. The fraction of sp³-hybridized carbons (Fsp3) is 0.632. The summed E-state index contributed by atoms with van der Waals surface area (Å²) in [7, 11) is 3.10. The molecule has 0 spiro atoms. The zero-order valence-corrected chi connectivity index (χ0v) is 16.7. The van der Waals surface area contributed by atoms with Crippen molar-refractivity contribution < 1.29 is 27.5 Å². The normalized spacial score (nSPS) is 17.1. The molecule has 162 valence electrons. The third-order valence-corrected chi connectivity index (χ3v) is 4.77. The molecule has 2 heterocycles. The molecule has 1 fully saturated rings. The van der Waals surface area contributed by atoms with Gasteiger partial charge in [0, 0.05) is 46.6 Å². The lowest BCUT2D eigenvalue weighted by atomic mass is 9.96. The summed E-state index contributed by atoms with van der Waals surface area (Å²) < 4.78 is 44.8. The highest BCUT2D eigenvalue weighted by molar-refractivity contribution is 5.86. The Balaban J connectivity index is 1.97. The second-order valence-electron chi connectivity index (χ2n) is 7.05. The van der Waals surface area contributed by atoms with E-state index in [1.54, 1.807) is 7.11 Å². The maximum absolute atomic E-state index is 13.3. The zero-order valence-electron chi connectivity index (χ0n) is 16.7. The van der Waals surface area contributed by atoms with Crippen LogP contribution in [-0.4, -0.2) is 68.6 Å². The van der Waals surface area contributed by atoms with E-state index in [1.165, 1.54) is 29.1 Å². The van der Waals surface area contributed by atoms with E-state index in [1.807, 2.05) is 0 Å². The van der Waals surface area contributed by atoms with Crippen LogP contribution < -0.4 is 10.2 Å². The third-order valence-electron chi connectivity index (χ3n) is 4.77. The first-order valence-electron chi connectivity index (χ1n) is 9.51. The fourth-order valence-corrected chi connectivity index (χ4v) is 3.35. The van der Waals surface area contributed by atoms with Crippen LogP contribution in [0.25, 0.3) is 0 Å². The van der Waals surface area contributed by atoms with Crippen LogP contribution in [0.4, 0.5) is 19.0 Å². The van der Waals surface area contributed by atoms with Crippen molar-refractivity contribution in [1.82, 2.24) is 15.2 Å². The van der Waals surface area contributed by atoms with E-state index >= 15 is 0 Å². The predicted octanol–water partition coefficient (Wildman–Crippen LogP) is 1.93. The minimum Gasteiger partial charge on any atom is -0.385 e. The third kappa shape index (κ3) is 6.59. The maximum atomic E-state index is 13.3. The minimum atomic E-state index is -4.52. The number of anilines is 1. The minimum absolute atomic E-state index is 0.0975. The number of halogens is 3. The molecule has 0 bridgehead atoms. The Labute approximate surface area is 168 Å². The van der Waals surface area contributed by atoms with E-state index in [0.29, 0.717) is 39.0 Å². The molecule has 1 aliphatic rings. The van der Waals surface area contributed by atoms with Crippen molar-refractivity contribution in [3.63, 3.8) is 0 Å². The van der Waals surface area contributed by atoms with Crippen molar-refractivity contribution in [1.29, 1.82) is 0 Å². The average Bonchev–Trinajstić information content (AvgIpc) is 2.70. The van der Waals surface area contributed by atoms with Gasteiger partial charge in [-0.25, -0.2) is 4.98 Å². The standard InChI is InChI=1S/C19H27F3N4O3/c1-25(13-16(27)23-9-5-11-29-2)18(28)14-6-4-10-26(12-14)17-15(19(20,21)22)7-3-8-24-17/h3,7-8,14H,4-6,9-13H2,1-2H3,(H,23,27). The zero-order chi connectivity index (χ0) is 21.4. The molecular formula is C19H27F3N4O3. The number of amides is 2. The summed E-state index contributed by atoms with van der Waals surface area (Å²) in [5.74, 6) is -1.19. The molecule has 2 rings (SSSR count). The van der Waals surface area contributed by atoms with Gasteiger partial charge in [0.25, 0.3) is 0 Å². The highest BCUT2D eigenvalue weighted by Gasteiger charge is 2.37. The van der Waals surface area contributed by atoms with Crippen molar-refractivity contribution in [2.24, 2.45) is 5.92 Å². The summed E-state index contributed by atoms with van der Waals surface area (Å²) in [5.41, 5.74) is -0.808. The molecule has 2 amide bonds. The number of rotatable bonds is 8. The van der Waals surface area contributed by atoms with Gasteiger partial charge in [0.05, 0.1) is 18.0 Å².